The van der Waals surface area contributed by atoms with E-state index in [9.17, 15) is 14.0 Å². The van der Waals surface area contributed by atoms with E-state index in [0.29, 0.717) is 40.5 Å². The zero-order chi connectivity index (χ0) is 20.8. The van der Waals surface area contributed by atoms with Crippen LogP contribution in [-0.4, -0.2) is 51.8 Å². The number of anilines is 2. The van der Waals surface area contributed by atoms with Crippen LogP contribution in [0.3, 0.4) is 0 Å². The molecular weight excluding hydrogens is 387 g/mol. The van der Waals surface area contributed by atoms with Gasteiger partial charge in [-0.2, -0.15) is 0 Å². The van der Waals surface area contributed by atoms with Crippen LogP contribution in [0.1, 0.15) is 41.5 Å². The number of nitrogens with one attached hydrogen (secondary N) is 2. The number of carbonyl (C=O) groups is 2. The van der Waals surface area contributed by atoms with Crippen molar-refractivity contribution in [3.63, 3.8) is 0 Å². The Morgan fingerprint density at radius 2 is 2.13 bits per heavy atom. The zero-order valence-electron chi connectivity index (χ0n) is 16.5. The van der Waals surface area contributed by atoms with Crippen LogP contribution in [0, 0.1) is 5.82 Å². The smallest absolute Gasteiger partial charge is 0.256 e. The molecule has 2 aliphatic heterocycles. The molecule has 2 aromatic heterocycles. The fraction of sp³-hybridized carbons (Fsp3) is 0.333. The number of carbonyl (C=O) groups excluding carboxylic acids is 2. The molecule has 5 rings (SSSR count). The van der Waals surface area contributed by atoms with Crippen LogP contribution in [0.5, 0.6) is 0 Å². The van der Waals surface area contributed by atoms with E-state index in [0.717, 1.165) is 19.3 Å². The Hall–Kier alpha value is -3.49. The maximum Gasteiger partial charge on any atom is 0.256 e. The van der Waals surface area contributed by atoms with Crippen LogP contribution in [0.2, 0.25) is 0 Å². The number of imidazole rings is 1. The SMILES string of the molecule is CN1C(=O)CNc2ncc(C(=O)N3CCCCC3c3nc4ccc(F)cc4[nH]3)cc21. The topological polar surface area (TPSA) is 94.2 Å². The molecule has 2 amide bonds. The molecule has 1 saturated heterocycles. The van der Waals surface area contributed by atoms with E-state index in [4.69, 9.17) is 0 Å². The van der Waals surface area contributed by atoms with Crippen LogP contribution in [0.25, 0.3) is 11.0 Å². The van der Waals surface area contributed by atoms with Crippen molar-refractivity contribution in [1.29, 1.82) is 0 Å². The second-order valence-corrected chi connectivity index (χ2v) is 7.69. The minimum absolute atomic E-state index is 0.0840. The summed E-state index contributed by atoms with van der Waals surface area (Å²) < 4.78 is 13.6. The molecule has 154 valence electrons. The molecule has 0 bridgehead atoms. The summed E-state index contributed by atoms with van der Waals surface area (Å²) in [6.07, 6.45) is 4.18. The van der Waals surface area contributed by atoms with Crippen LogP contribution in [-0.2, 0) is 4.79 Å². The van der Waals surface area contributed by atoms with Gasteiger partial charge in [0, 0.05) is 19.8 Å². The molecule has 4 heterocycles. The number of nitrogens with zero attached hydrogens (tertiary/aromatic N) is 4. The van der Waals surface area contributed by atoms with Gasteiger partial charge in [0.15, 0.2) is 0 Å². The molecule has 1 fully saturated rings. The summed E-state index contributed by atoms with van der Waals surface area (Å²) in [4.78, 5) is 40.8. The Labute approximate surface area is 172 Å². The van der Waals surface area contributed by atoms with Crippen LogP contribution in [0.4, 0.5) is 15.9 Å². The highest BCUT2D eigenvalue weighted by Gasteiger charge is 2.32. The van der Waals surface area contributed by atoms with Gasteiger partial charge in [-0.25, -0.2) is 14.4 Å². The first-order valence-electron chi connectivity index (χ1n) is 9.98. The van der Waals surface area contributed by atoms with Gasteiger partial charge in [-0.1, -0.05) is 0 Å². The van der Waals surface area contributed by atoms with Gasteiger partial charge in [-0.05, 0) is 43.5 Å². The summed E-state index contributed by atoms with van der Waals surface area (Å²) in [5.74, 6) is 0.667. The third-order valence-corrected chi connectivity index (χ3v) is 5.80. The number of aromatic nitrogens is 3. The van der Waals surface area contributed by atoms with Crippen molar-refractivity contribution < 1.29 is 14.0 Å². The first-order chi connectivity index (χ1) is 14.5. The number of rotatable bonds is 2. The molecule has 9 heteroatoms. The average molecular weight is 408 g/mol. The summed E-state index contributed by atoms with van der Waals surface area (Å²) in [6, 6.07) is 5.90. The van der Waals surface area contributed by atoms with Crippen molar-refractivity contribution in [2.75, 3.05) is 30.4 Å². The van der Waals surface area contributed by atoms with Crippen molar-refractivity contribution in [2.24, 2.45) is 0 Å². The van der Waals surface area contributed by atoms with Crippen molar-refractivity contribution in [3.8, 4) is 0 Å². The summed E-state index contributed by atoms with van der Waals surface area (Å²) in [5.41, 5.74) is 2.30. The predicted molar refractivity (Wildman–Crippen MR) is 110 cm³/mol. The maximum atomic E-state index is 13.6. The molecule has 1 atom stereocenters. The van der Waals surface area contributed by atoms with Crippen LogP contribution >= 0.6 is 0 Å². The molecule has 30 heavy (non-hydrogen) atoms. The van der Waals surface area contributed by atoms with Gasteiger partial charge >= 0.3 is 0 Å². The predicted octanol–water partition coefficient (Wildman–Crippen LogP) is 2.85. The van der Waals surface area contributed by atoms with Gasteiger partial charge in [-0.15, -0.1) is 0 Å². The van der Waals surface area contributed by atoms with Crippen LogP contribution < -0.4 is 10.2 Å². The number of amides is 2. The first kappa shape index (κ1) is 18.5. The normalized spacial score (nSPS) is 19.0. The molecule has 0 saturated carbocycles. The fourth-order valence-electron chi connectivity index (χ4n) is 4.16. The molecule has 2 aliphatic rings. The molecule has 1 aromatic carbocycles. The maximum absolute atomic E-state index is 13.6. The van der Waals surface area contributed by atoms with E-state index in [1.165, 1.54) is 23.2 Å². The second-order valence-electron chi connectivity index (χ2n) is 7.69. The van der Waals surface area contributed by atoms with Gasteiger partial charge in [-0.3, -0.25) is 9.59 Å². The Morgan fingerprint density at radius 3 is 3.00 bits per heavy atom. The monoisotopic (exact) mass is 408 g/mol. The summed E-state index contributed by atoms with van der Waals surface area (Å²) in [7, 11) is 1.68. The number of likely N-dealkylation sites (N-methyl/N-ethyl adjacent to an activating group) is 1. The van der Waals surface area contributed by atoms with Crippen molar-refractivity contribution in [1.82, 2.24) is 19.9 Å². The Morgan fingerprint density at radius 1 is 1.27 bits per heavy atom. The number of H-pyrrole nitrogens is 1. The highest BCUT2D eigenvalue weighted by Crippen LogP contribution is 2.33. The zero-order valence-corrected chi connectivity index (χ0v) is 16.5. The van der Waals surface area contributed by atoms with E-state index in [1.807, 2.05) is 0 Å². The van der Waals surface area contributed by atoms with Crippen LogP contribution in [0.15, 0.2) is 30.5 Å². The first-order valence-corrected chi connectivity index (χ1v) is 9.98. The third-order valence-electron chi connectivity index (χ3n) is 5.80. The molecule has 0 spiro atoms. The van der Waals surface area contributed by atoms with Crippen molar-refractivity contribution >= 4 is 34.4 Å². The number of pyridine rings is 1. The molecular formula is C21H21FN6O2. The number of hydrogen-bond donors (Lipinski definition) is 2. The molecule has 0 radical (unpaired) electrons. The molecule has 2 N–H and O–H groups in total. The largest absolute Gasteiger partial charge is 0.359 e. The Kier molecular flexibility index (Phi) is 4.38. The number of piperidine rings is 1. The standard InChI is InChI=1S/C21H21FN6O2/c1-27-17-8-12(10-23-19(17)24-11-18(27)29)21(30)28-7-3-2-4-16(28)20-25-14-6-5-13(22)9-15(14)26-20/h5-6,8-10,16H,2-4,7,11H2,1H3,(H,23,24)(H,25,26). The van der Waals surface area contributed by atoms with Gasteiger partial charge < -0.3 is 20.1 Å². The van der Waals surface area contributed by atoms with Gasteiger partial charge in [0.1, 0.15) is 17.5 Å². The van der Waals surface area contributed by atoms with E-state index < -0.39 is 0 Å². The van der Waals surface area contributed by atoms with Gasteiger partial charge in [0.05, 0.1) is 34.9 Å². The molecule has 3 aromatic rings. The molecule has 1 unspecified atom stereocenters. The lowest BCUT2D eigenvalue weighted by Gasteiger charge is -2.35. The van der Waals surface area contributed by atoms with E-state index >= 15 is 0 Å². The molecule has 0 aliphatic carbocycles. The summed E-state index contributed by atoms with van der Waals surface area (Å²) >= 11 is 0. The summed E-state index contributed by atoms with van der Waals surface area (Å²) in [6.45, 7) is 0.781. The third kappa shape index (κ3) is 3.06. The fourth-order valence-corrected chi connectivity index (χ4v) is 4.16. The second kappa shape index (κ2) is 7.08. The lowest BCUT2D eigenvalue weighted by Crippen LogP contribution is -2.40. The lowest BCUT2D eigenvalue weighted by atomic mass is 10.0. The number of halogens is 1. The van der Waals surface area contributed by atoms with Crippen molar-refractivity contribution in [3.05, 3.63) is 47.7 Å². The van der Waals surface area contributed by atoms with Gasteiger partial charge in [0.2, 0.25) is 5.91 Å². The number of aromatic amines is 1. The lowest BCUT2D eigenvalue weighted by molar-refractivity contribution is -0.116. The summed E-state index contributed by atoms with van der Waals surface area (Å²) in [5, 5.41) is 2.97. The quantitative estimate of drug-likeness (QED) is 0.680. The highest BCUT2D eigenvalue weighted by atomic mass is 19.1. The number of fused-ring (bicyclic) bond motifs is 2. The Bertz CT molecular complexity index is 1160. The minimum atomic E-state index is -0.332. The number of likely N-dealkylation sites (tertiary alicyclic amines) is 1. The van der Waals surface area contributed by atoms with E-state index in [-0.39, 0.29) is 30.2 Å². The van der Waals surface area contributed by atoms with Crippen molar-refractivity contribution in [2.45, 2.75) is 25.3 Å². The van der Waals surface area contributed by atoms with E-state index in [2.05, 4.69) is 20.3 Å². The highest BCUT2D eigenvalue weighted by molar-refractivity contribution is 6.03. The molecule has 8 nitrogen and oxygen atoms in total. The Balaban J connectivity index is 1.48. The number of hydrogen-bond acceptors (Lipinski definition) is 5. The minimum Gasteiger partial charge on any atom is -0.359 e. The number of benzene rings is 1. The van der Waals surface area contributed by atoms with E-state index in [1.54, 1.807) is 24.1 Å². The van der Waals surface area contributed by atoms with Gasteiger partial charge in [0.25, 0.3) is 5.91 Å². The average Bonchev–Trinajstić information content (AvgIpc) is 3.19.